The topological polar surface area (TPSA) is 139 Å². The first-order valence-electron chi connectivity index (χ1n) is 7.76. The van der Waals surface area contributed by atoms with Gasteiger partial charge in [0, 0.05) is 7.05 Å². The molecule has 0 atom stereocenters. The fourth-order valence-electron chi connectivity index (χ4n) is 2.44. The third kappa shape index (κ3) is 3.93. The van der Waals surface area contributed by atoms with Crippen LogP contribution in [0.5, 0.6) is 0 Å². The van der Waals surface area contributed by atoms with Crippen LogP contribution in [-0.4, -0.2) is 30.9 Å². The number of thioether (sulfide) groups is 1. The minimum absolute atomic E-state index is 0.0718. The van der Waals surface area contributed by atoms with Crippen LogP contribution in [0.3, 0.4) is 0 Å². The van der Waals surface area contributed by atoms with E-state index in [1.807, 2.05) is 30.3 Å². The highest BCUT2D eigenvalue weighted by Crippen LogP contribution is 2.24. The van der Waals surface area contributed by atoms with Crippen LogP contribution < -0.4 is 22.7 Å². The SMILES string of the molecule is Cn1c(=O)c(C(=O)CSc2nnc(N)s2)c(N)n(Cc2ccccc2)c1=O. The van der Waals surface area contributed by atoms with E-state index in [4.69, 9.17) is 11.5 Å². The second-order valence-electron chi connectivity index (χ2n) is 5.60. The lowest BCUT2D eigenvalue weighted by Gasteiger charge is -2.14. The van der Waals surface area contributed by atoms with Crippen LogP contribution in [0.25, 0.3) is 0 Å². The Hall–Kier alpha value is -2.92. The zero-order valence-corrected chi connectivity index (χ0v) is 15.9. The van der Waals surface area contributed by atoms with Crippen molar-refractivity contribution in [3.05, 3.63) is 62.3 Å². The molecule has 9 nitrogen and oxygen atoms in total. The van der Waals surface area contributed by atoms with Crippen molar-refractivity contribution in [3.63, 3.8) is 0 Å². The van der Waals surface area contributed by atoms with Gasteiger partial charge >= 0.3 is 5.69 Å². The maximum atomic E-state index is 12.6. The number of nitrogens with two attached hydrogens (primary N) is 2. The third-order valence-corrected chi connectivity index (χ3v) is 5.68. The van der Waals surface area contributed by atoms with E-state index >= 15 is 0 Å². The predicted octanol–water partition coefficient (Wildman–Crippen LogP) is 0.586. The summed E-state index contributed by atoms with van der Waals surface area (Å²) in [5, 5.41) is 7.77. The lowest BCUT2D eigenvalue weighted by atomic mass is 10.2. The summed E-state index contributed by atoms with van der Waals surface area (Å²) < 4.78 is 2.62. The molecule has 0 bridgehead atoms. The Kier molecular flexibility index (Phi) is 5.42. The molecule has 27 heavy (non-hydrogen) atoms. The van der Waals surface area contributed by atoms with E-state index in [0.29, 0.717) is 4.34 Å². The maximum Gasteiger partial charge on any atom is 0.332 e. The highest BCUT2D eigenvalue weighted by atomic mass is 32.2. The fraction of sp³-hybridized carbons (Fsp3) is 0.188. The van der Waals surface area contributed by atoms with E-state index in [0.717, 1.165) is 33.2 Å². The van der Waals surface area contributed by atoms with Crippen molar-refractivity contribution in [1.29, 1.82) is 0 Å². The molecule has 0 amide bonds. The Morgan fingerprint density at radius 1 is 1.19 bits per heavy atom. The fourth-order valence-corrected chi connectivity index (χ4v) is 3.95. The molecule has 2 heterocycles. The summed E-state index contributed by atoms with van der Waals surface area (Å²) in [5.41, 5.74) is 10.9. The number of benzene rings is 1. The molecule has 0 radical (unpaired) electrons. The van der Waals surface area contributed by atoms with Gasteiger partial charge in [-0.3, -0.25) is 18.7 Å². The Labute approximate surface area is 161 Å². The average Bonchev–Trinajstić information content (AvgIpc) is 3.08. The Bertz CT molecular complexity index is 1100. The summed E-state index contributed by atoms with van der Waals surface area (Å²) in [5.74, 6) is -0.708. The number of carbonyl (C=O) groups is 1. The minimum Gasteiger partial charge on any atom is -0.384 e. The van der Waals surface area contributed by atoms with Crippen molar-refractivity contribution in [3.8, 4) is 0 Å². The van der Waals surface area contributed by atoms with Crippen molar-refractivity contribution < 1.29 is 4.79 Å². The first-order valence-corrected chi connectivity index (χ1v) is 9.57. The van der Waals surface area contributed by atoms with Crippen LogP contribution in [-0.2, 0) is 13.6 Å². The molecule has 0 spiro atoms. The largest absolute Gasteiger partial charge is 0.384 e. The van der Waals surface area contributed by atoms with Crippen molar-refractivity contribution in [1.82, 2.24) is 19.3 Å². The molecule has 3 aromatic rings. The summed E-state index contributed by atoms with van der Waals surface area (Å²) in [6.07, 6.45) is 0. The van der Waals surface area contributed by atoms with E-state index < -0.39 is 17.0 Å². The van der Waals surface area contributed by atoms with Gasteiger partial charge in [-0.15, -0.1) is 10.2 Å². The standard InChI is InChI=1S/C16H16N6O3S2/c1-21-13(24)11(10(23)8-26-15-20-19-14(18)27-15)12(17)22(16(21)25)7-9-5-3-2-4-6-9/h2-6H,7-8,17H2,1H3,(H2,18,19). The first kappa shape index (κ1) is 18.9. The number of hydrogen-bond donors (Lipinski definition) is 2. The van der Waals surface area contributed by atoms with Crippen LogP contribution in [0.15, 0.2) is 44.3 Å². The molecule has 3 rings (SSSR count). The molecule has 2 aromatic heterocycles. The van der Waals surface area contributed by atoms with Gasteiger partial charge in [0.25, 0.3) is 5.56 Å². The van der Waals surface area contributed by atoms with Gasteiger partial charge in [0.1, 0.15) is 11.4 Å². The average molecular weight is 404 g/mol. The summed E-state index contributed by atoms with van der Waals surface area (Å²) in [6.45, 7) is 0.153. The monoisotopic (exact) mass is 404 g/mol. The zero-order valence-electron chi connectivity index (χ0n) is 14.3. The van der Waals surface area contributed by atoms with Gasteiger partial charge in [-0.05, 0) is 5.56 Å². The van der Waals surface area contributed by atoms with Crippen LogP contribution in [0.1, 0.15) is 15.9 Å². The van der Waals surface area contributed by atoms with E-state index in [9.17, 15) is 14.4 Å². The molecule has 11 heteroatoms. The van der Waals surface area contributed by atoms with Gasteiger partial charge in [-0.25, -0.2) is 4.79 Å². The second kappa shape index (κ2) is 7.76. The van der Waals surface area contributed by atoms with Crippen LogP contribution >= 0.6 is 23.1 Å². The molecule has 0 aliphatic heterocycles. The van der Waals surface area contributed by atoms with Gasteiger partial charge in [-0.1, -0.05) is 53.4 Å². The molecule has 1 aromatic carbocycles. The Morgan fingerprint density at radius 3 is 2.52 bits per heavy atom. The number of hydrogen-bond acceptors (Lipinski definition) is 9. The van der Waals surface area contributed by atoms with Crippen molar-refractivity contribution >= 4 is 39.8 Å². The molecule has 0 saturated carbocycles. The molecule has 0 aliphatic carbocycles. The van der Waals surface area contributed by atoms with Crippen molar-refractivity contribution in [2.24, 2.45) is 7.05 Å². The number of aromatic nitrogens is 4. The summed E-state index contributed by atoms with van der Waals surface area (Å²) in [7, 11) is 1.32. The zero-order chi connectivity index (χ0) is 19.6. The second-order valence-corrected chi connectivity index (χ2v) is 7.83. The number of nitrogen functional groups attached to an aromatic ring is 2. The molecule has 140 valence electrons. The highest BCUT2D eigenvalue weighted by molar-refractivity contribution is 8.01. The van der Waals surface area contributed by atoms with Gasteiger partial charge in [0.05, 0.1) is 12.3 Å². The van der Waals surface area contributed by atoms with Crippen LogP contribution in [0, 0.1) is 0 Å². The summed E-state index contributed by atoms with van der Waals surface area (Å²) in [4.78, 5) is 37.6. The van der Waals surface area contributed by atoms with Crippen molar-refractivity contribution in [2.75, 3.05) is 17.2 Å². The smallest absolute Gasteiger partial charge is 0.332 e. The van der Waals surface area contributed by atoms with E-state index in [1.165, 1.54) is 11.6 Å². The molecular weight excluding hydrogens is 388 g/mol. The number of carbonyl (C=O) groups excluding carboxylic acids is 1. The molecule has 0 fully saturated rings. The Balaban J connectivity index is 1.95. The lowest BCUT2D eigenvalue weighted by Crippen LogP contribution is -2.43. The number of Topliss-reactive ketones (excluding diaryl/α,β-unsaturated/α-hetero) is 1. The highest BCUT2D eigenvalue weighted by Gasteiger charge is 2.22. The van der Waals surface area contributed by atoms with E-state index in [-0.39, 0.29) is 28.8 Å². The van der Waals surface area contributed by atoms with Gasteiger partial charge < -0.3 is 11.5 Å². The normalized spacial score (nSPS) is 10.9. The molecule has 0 unspecified atom stereocenters. The van der Waals surface area contributed by atoms with Gasteiger partial charge in [0.15, 0.2) is 10.1 Å². The number of ketones is 1. The predicted molar refractivity (Wildman–Crippen MR) is 105 cm³/mol. The maximum absolute atomic E-state index is 12.6. The van der Waals surface area contributed by atoms with E-state index in [1.54, 1.807) is 0 Å². The molecule has 0 aliphatic rings. The first-order chi connectivity index (χ1) is 12.9. The van der Waals surface area contributed by atoms with Crippen molar-refractivity contribution in [2.45, 2.75) is 10.9 Å². The molecule has 0 saturated heterocycles. The van der Waals surface area contributed by atoms with E-state index in [2.05, 4.69) is 10.2 Å². The van der Waals surface area contributed by atoms with Gasteiger partial charge in [0.2, 0.25) is 5.13 Å². The summed E-state index contributed by atoms with van der Waals surface area (Å²) in [6, 6.07) is 9.16. The third-order valence-electron chi connectivity index (χ3n) is 3.79. The molecular formula is C16H16N6O3S2. The number of rotatable bonds is 6. The van der Waals surface area contributed by atoms with Crippen LogP contribution in [0.2, 0.25) is 0 Å². The number of anilines is 2. The number of nitrogens with zero attached hydrogens (tertiary/aromatic N) is 4. The Morgan fingerprint density at radius 2 is 1.89 bits per heavy atom. The minimum atomic E-state index is -0.718. The lowest BCUT2D eigenvalue weighted by molar-refractivity contribution is 0.102. The quantitative estimate of drug-likeness (QED) is 0.449. The van der Waals surface area contributed by atoms with Gasteiger partial charge in [-0.2, -0.15) is 0 Å². The summed E-state index contributed by atoms with van der Waals surface area (Å²) >= 11 is 2.25. The van der Waals surface area contributed by atoms with Crippen LogP contribution in [0.4, 0.5) is 10.9 Å². The molecule has 4 N–H and O–H groups in total.